The number of benzene rings is 3. The van der Waals surface area contributed by atoms with Crippen molar-refractivity contribution in [2.75, 3.05) is 26.2 Å². The predicted octanol–water partition coefficient (Wildman–Crippen LogP) is 4.83. The molecule has 41 heavy (non-hydrogen) atoms. The van der Waals surface area contributed by atoms with Crippen molar-refractivity contribution in [3.63, 3.8) is 0 Å². The van der Waals surface area contributed by atoms with Crippen LogP contribution in [0.1, 0.15) is 23.0 Å². The molecule has 2 heterocycles. The quantitative estimate of drug-likeness (QED) is 0.314. The number of aromatic nitrogens is 2. The van der Waals surface area contributed by atoms with E-state index in [2.05, 4.69) is 0 Å². The molecule has 1 atom stereocenters. The zero-order chi connectivity index (χ0) is 28.8. The maximum atomic E-state index is 14.6. The molecule has 1 aromatic heterocycles. The molecule has 0 radical (unpaired) electrons. The number of ether oxygens (including phenoxy) is 1. The monoisotopic (exact) mass is 552 g/mol. The maximum Gasteiger partial charge on any atom is 0.407 e. The summed E-state index contributed by atoms with van der Waals surface area (Å²) < 4.78 is 6.67. The van der Waals surface area contributed by atoms with Crippen molar-refractivity contribution in [3.8, 4) is 22.4 Å². The number of carbonyl (C=O) groups excluding carboxylic acids is 2. The molecular weight excluding hydrogens is 520 g/mol. The fraction of sp³-hybridized carbons (Fsp3) is 0.250. The molecule has 1 aliphatic rings. The molecule has 1 N–H and O–H groups in total. The van der Waals surface area contributed by atoms with Crippen LogP contribution < -0.4 is 0 Å². The van der Waals surface area contributed by atoms with Crippen molar-refractivity contribution in [2.24, 2.45) is 0 Å². The third-order valence-electron chi connectivity index (χ3n) is 7.18. The molecule has 0 spiro atoms. The van der Waals surface area contributed by atoms with Gasteiger partial charge in [0.25, 0.3) is 5.91 Å². The first kappa shape index (κ1) is 27.6. The van der Waals surface area contributed by atoms with Gasteiger partial charge in [-0.1, -0.05) is 91.0 Å². The summed E-state index contributed by atoms with van der Waals surface area (Å²) in [6.45, 7) is 2.27. The molecule has 1 fully saturated rings. The highest BCUT2D eigenvalue weighted by Crippen LogP contribution is 2.36. The van der Waals surface area contributed by atoms with Gasteiger partial charge in [-0.15, -0.1) is 0 Å². The van der Waals surface area contributed by atoms with Gasteiger partial charge < -0.3 is 19.6 Å². The molecule has 1 aliphatic heterocycles. The molecule has 0 saturated carbocycles. The van der Waals surface area contributed by atoms with E-state index in [4.69, 9.17) is 9.84 Å². The van der Waals surface area contributed by atoms with Gasteiger partial charge in [0.1, 0.15) is 17.9 Å². The van der Waals surface area contributed by atoms with Crippen molar-refractivity contribution >= 4 is 18.0 Å². The zero-order valence-electron chi connectivity index (χ0n) is 22.8. The Morgan fingerprint density at radius 3 is 2.10 bits per heavy atom. The molecule has 3 aromatic carbocycles. The highest BCUT2D eigenvalue weighted by Gasteiger charge is 2.37. The second-order valence-corrected chi connectivity index (χ2v) is 9.84. The Morgan fingerprint density at radius 1 is 0.878 bits per heavy atom. The van der Waals surface area contributed by atoms with Gasteiger partial charge in [0, 0.05) is 30.8 Å². The lowest BCUT2D eigenvalue weighted by Crippen LogP contribution is -2.57. The Morgan fingerprint density at radius 2 is 1.49 bits per heavy atom. The molecule has 0 unspecified atom stereocenters. The van der Waals surface area contributed by atoms with E-state index in [0.717, 1.165) is 16.7 Å². The van der Waals surface area contributed by atoms with Crippen LogP contribution in [-0.2, 0) is 22.5 Å². The minimum atomic E-state index is -1.01. The summed E-state index contributed by atoms with van der Waals surface area (Å²) >= 11 is 0. The number of piperazine rings is 1. The minimum absolute atomic E-state index is 0.175. The predicted molar refractivity (Wildman–Crippen MR) is 154 cm³/mol. The fourth-order valence-corrected chi connectivity index (χ4v) is 5.29. The summed E-state index contributed by atoms with van der Waals surface area (Å²) in [5.74, 6) is -0.811. The second kappa shape index (κ2) is 12.5. The van der Waals surface area contributed by atoms with E-state index in [0.29, 0.717) is 17.7 Å². The van der Waals surface area contributed by atoms with Crippen LogP contribution in [0.4, 0.5) is 4.79 Å². The van der Waals surface area contributed by atoms with Crippen LogP contribution in [0.25, 0.3) is 22.4 Å². The summed E-state index contributed by atoms with van der Waals surface area (Å²) in [6, 6.07) is 28.4. The molecule has 0 bridgehead atoms. The first-order chi connectivity index (χ1) is 20.0. The van der Waals surface area contributed by atoms with Gasteiger partial charge >= 0.3 is 12.1 Å². The topological polar surface area (TPSA) is 105 Å². The van der Waals surface area contributed by atoms with E-state index in [9.17, 15) is 19.5 Å². The smallest absolute Gasteiger partial charge is 0.407 e. The Labute approximate surface area is 238 Å². The van der Waals surface area contributed by atoms with Gasteiger partial charge in [0.05, 0.1) is 12.6 Å². The van der Waals surface area contributed by atoms with Crippen LogP contribution in [0.15, 0.2) is 91.0 Å². The molecule has 9 nitrogen and oxygen atoms in total. The second-order valence-electron chi connectivity index (χ2n) is 9.84. The van der Waals surface area contributed by atoms with Crippen LogP contribution in [0, 0.1) is 0 Å². The Bertz CT molecular complexity index is 1510. The zero-order valence-corrected chi connectivity index (χ0v) is 22.8. The first-order valence-corrected chi connectivity index (χ1v) is 13.7. The van der Waals surface area contributed by atoms with E-state index in [1.807, 2.05) is 91.0 Å². The molecule has 4 aromatic rings. The highest BCUT2D eigenvalue weighted by molar-refractivity contribution is 6.03. The van der Waals surface area contributed by atoms with Gasteiger partial charge in [-0.2, -0.15) is 5.10 Å². The van der Waals surface area contributed by atoms with Crippen molar-refractivity contribution in [2.45, 2.75) is 25.9 Å². The Balaban J connectivity index is 1.64. The SMILES string of the molecule is CCOC(=O)Cn1nc(-c2ccccc2)c(-c2ccccc2)c1C(=O)N1CCN(C(=O)O)C[C@H]1Cc1ccccc1. The van der Waals surface area contributed by atoms with Crippen molar-refractivity contribution in [3.05, 3.63) is 102 Å². The largest absolute Gasteiger partial charge is 0.465 e. The summed E-state index contributed by atoms with van der Waals surface area (Å²) in [5.41, 5.74) is 4.05. The lowest BCUT2D eigenvalue weighted by atomic mass is 9.97. The number of carboxylic acid groups (broad SMARTS) is 1. The molecule has 210 valence electrons. The minimum Gasteiger partial charge on any atom is -0.465 e. The molecule has 5 rings (SSSR count). The first-order valence-electron chi connectivity index (χ1n) is 13.7. The van der Waals surface area contributed by atoms with Crippen LogP contribution in [0.2, 0.25) is 0 Å². The van der Waals surface area contributed by atoms with Crippen LogP contribution in [0.5, 0.6) is 0 Å². The average Bonchev–Trinajstić information content (AvgIpc) is 3.37. The average molecular weight is 553 g/mol. The molecule has 0 aliphatic carbocycles. The van der Waals surface area contributed by atoms with Crippen LogP contribution in [0.3, 0.4) is 0 Å². The summed E-state index contributed by atoms with van der Waals surface area (Å²) in [5, 5.41) is 14.5. The van der Waals surface area contributed by atoms with Gasteiger partial charge in [-0.3, -0.25) is 9.59 Å². The van der Waals surface area contributed by atoms with Crippen LogP contribution in [-0.4, -0.2) is 74.9 Å². The number of hydrogen-bond acceptors (Lipinski definition) is 5. The standard InChI is InChI=1S/C32H32N4O5/c1-2-41-27(37)22-36-30(28(24-14-8-4-9-15-24)29(33-36)25-16-10-5-11-17-25)31(38)35-19-18-34(32(39)40)21-26(35)20-23-12-6-3-7-13-23/h3-17,26H,2,18-22H2,1H3,(H,39,40)/t26-/m1/s1. The molecule has 1 saturated heterocycles. The van der Waals surface area contributed by atoms with Crippen molar-refractivity contribution in [1.82, 2.24) is 19.6 Å². The normalized spacial score (nSPS) is 15.0. The van der Waals surface area contributed by atoms with Crippen molar-refractivity contribution in [1.29, 1.82) is 0 Å². The molecular formula is C32H32N4O5. The van der Waals surface area contributed by atoms with Gasteiger partial charge in [-0.25, -0.2) is 9.48 Å². The summed E-state index contributed by atoms with van der Waals surface area (Å²) in [4.78, 5) is 42.3. The third kappa shape index (κ3) is 6.14. The number of rotatable bonds is 8. The number of hydrogen-bond donors (Lipinski definition) is 1. The van der Waals surface area contributed by atoms with Crippen LogP contribution >= 0.6 is 0 Å². The number of esters is 1. The Hall–Kier alpha value is -4.92. The number of carbonyl (C=O) groups is 3. The molecule has 2 amide bonds. The summed E-state index contributed by atoms with van der Waals surface area (Å²) in [6.07, 6.45) is -0.534. The fourth-order valence-electron chi connectivity index (χ4n) is 5.29. The van der Waals surface area contributed by atoms with E-state index in [1.54, 1.807) is 11.8 Å². The Kier molecular flexibility index (Phi) is 8.43. The van der Waals surface area contributed by atoms with Gasteiger partial charge in [0.2, 0.25) is 0 Å². The summed E-state index contributed by atoms with van der Waals surface area (Å²) in [7, 11) is 0. The van der Waals surface area contributed by atoms with Gasteiger partial charge in [-0.05, 0) is 24.5 Å². The number of nitrogens with zero attached hydrogens (tertiary/aromatic N) is 4. The van der Waals surface area contributed by atoms with E-state index in [1.165, 1.54) is 9.58 Å². The van der Waals surface area contributed by atoms with Crippen molar-refractivity contribution < 1.29 is 24.2 Å². The molecule has 9 heteroatoms. The van der Waals surface area contributed by atoms with Gasteiger partial charge in [0.15, 0.2) is 0 Å². The van der Waals surface area contributed by atoms with E-state index >= 15 is 0 Å². The third-order valence-corrected chi connectivity index (χ3v) is 7.18. The lowest BCUT2D eigenvalue weighted by Gasteiger charge is -2.40. The lowest BCUT2D eigenvalue weighted by molar-refractivity contribution is -0.144. The maximum absolute atomic E-state index is 14.6. The van der Waals surface area contributed by atoms with E-state index < -0.39 is 18.1 Å². The highest BCUT2D eigenvalue weighted by atomic mass is 16.5. The van der Waals surface area contributed by atoms with E-state index in [-0.39, 0.29) is 44.4 Å². The number of amides is 2.